The molecule has 0 saturated heterocycles. The minimum atomic E-state index is -0.360. The van der Waals surface area contributed by atoms with Gasteiger partial charge in [-0.15, -0.1) is 0 Å². The number of hydrogen-bond acceptors (Lipinski definition) is 2. The Morgan fingerprint density at radius 1 is 1.25 bits per heavy atom. The molecule has 20 heavy (non-hydrogen) atoms. The number of nitrogens with one attached hydrogen (secondary N) is 1. The van der Waals surface area contributed by atoms with Crippen LogP contribution in [0.1, 0.15) is 44.1 Å². The third-order valence-corrected chi connectivity index (χ3v) is 4.83. The normalized spacial score (nSPS) is 27.9. The first-order valence-corrected chi connectivity index (χ1v) is 7.73. The van der Waals surface area contributed by atoms with E-state index in [1.54, 1.807) is 0 Å². The molecule has 3 rings (SSSR count). The number of amides is 1. The van der Waals surface area contributed by atoms with E-state index in [2.05, 4.69) is 5.32 Å². The van der Waals surface area contributed by atoms with Crippen LogP contribution < -0.4 is 5.32 Å². The lowest BCUT2D eigenvalue weighted by Crippen LogP contribution is -2.43. The highest BCUT2D eigenvalue weighted by atomic mass is 35.5. The molecule has 3 nitrogen and oxygen atoms in total. The molecule has 0 heterocycles. The summed E-state index contributed by atoms with van der Waals surface area (Å²) in [5, 5.41) is 13.4. The molecular weight excluding hydrogens is 274 g/mol. The van der Waals surface area contributed by atoms with Crippen LogP contribution in [-0.4, -0.2) is 23.2 Å². The van der Waals surface area contributed by atoms with Gasteiger partial charge in [-0.2, -0.15) is 0 Å². The molecular formula is C16H20ClNO2. The first-order chi connectivity index (χ1) is 9.60. The third-order valence-electron chi connectivity index (χ3n) is 4.59. The Kier molecular flexibility index (Phi) is 3.74. The van der Waals surface area contributed by atoms with Gasteiger partial charge in [0.05, 0.1) is 11.5 Å². The fraction of sp³-hybridized carbons (Fsp3) is 0.562. The van der Waals surface area contributed by atoms with E-state index in [-0.39, 0.29) is 23.5 Å². The van der Waals surface area contributed by atoms with Gasteiger partial charge in [0.1, 0.15) is 0 Å². The van der Waals surface area contributed by atoms with Crippen molar-refractivity contribution in [1.82, 2.24) is 5.32 Å². The standard InChI is InChI=1S/C16H20ClNO2/c17-12-3-1-2-11(10-12)16(8-9-16)15(20)18-13-4-6-14(19)7-5-13/h1-3,10,13-14,19H,4-9H2,(H,18,20). The van der Waals surface area contributed by atoms with Crippen LogP contribution >= 0.6 is 11.6 Å². The molecule has 0 bridgehead atoms. The number of hydrogen-bond donors (Lipinski definition) is 2. The van der Waals surface area contributed by atoms with Crippen LogP contribution in [0.25, 0.3) is 0 Å². The fourth-order valence-electron chi connectivity index (χ4n) is 3.10. The number of aliphatic hydroxyl groups excluding tert-OH is 1. The first-order valence-electron chi connectivity index (χ1n) is 7.35. The van der Waals surface area contributed by atoms with Crippen molar-refractivity contribution in [1.29, 1.82) is 0 Å². The summed E-state index contributed by atoms with van der Waals surface area (Å²) >= 11 is 6.03. The molecule has 0 aliphatic heterocycles. The average molecular weight is 294 g/mol. The number of halogens is 1. The predicted octanol–water partition coefficient (Wildman–Crippen LogP) is 2.79. The summed E-state index contributed by atoms with van der Waals surface area (Å²) in [4.78, 5) is 12.6. The maximum atomic E-state index is 12.6. The summed E-state index contributed by atoms with van der Waals surface area (Å²) in [6, 6.07) is 7.84. The van der Waals surface area contributed by atoms with Gasteiger partial charge in [-0.05, 0) is 56.2 Å². The van der Waals surface area contributed by atoms with Crippen molar-refractivity contribution >= 4 is 17.5 Å². The molecule has 0 spiro atoms. The highest BCUT2D eigenvalue weighted by Gasteiger charge is 2.51. The van der Waals surface area contributed by atoms with E-state index < -0.39 is 0 Å². The molecule has 2 aliphatic carbocycles. The Hall–Kier alpha value is -1.06. The molecule has 108 valence electrons. The average Bonchev–Trinajstić information content (AvgIpc) is 3.23. The van der Waals surface area contributed by atoms with Gasteiger partial charge in [0.2, 0.25) is 5.91 Å². The Balaban J connectivity index is 1.68. The zero-order valence-corrected chi connectivity index (χ0v) is 12.2. The lowest BCUT2D eigenvalue weighted by atomic mass is 9.90. The molecule has 2 fully saturated rings. The zero-order valence-electron chi connectivity index (χ0n) is 11.4. The van der Waals surface area contributed by atoms with Gasteiger partial charge < -0.3 is 10.4 Å². The van der Waals surface area contributed by atoms with Crippen LogP contribution in [0.5, 0.6) is 0 Å². The summed E-state index contributed by atoms with van der Waals surface area (Å²) in [5.74, 6) is 0.126. The van der Waals surface area contributed by atoms with Crippen LogP contribution in [-0.2, 0) is 10.2 Å². The monoisotopic (exact) mass is 293 g/mol. The van der Waals surface area contributed by atoms with Crippen LogP contribution in [0.15, 0.2) is 24.3 Å². The van der Waals surface area contributed by atoms with Crippen molar-refractivity contribution < 1.29 is 9.90 Å². The first kappa shape index (κ1) is 13.9. The molecule has 4 heteroatoms. The number of benzene rings is 1. The Morgan fingerprint density at radius 2 is 1.95 bits per heavy atom. The van der Waals surface area contributed by atoms with Gasteiger partial charge in [-0.25, -0.2) is 0 Å². The van der Waals surface area contributed by atoms with Gasteiger partial charge >= 0.3 is 0 Å². The van der Waals surface area contributed by atoms with Gasteiger partial charge in [0.25, 0.3) is 0 Å². The van der Waals surface area contributed by atoms with Gasteiger partial charge in [0, 0.05) is 11.1 Å². The van der Waals surface area contributed by atoms with E-state index in [4.69, 9.17) is 11.6 Å². The summed E-state index contributed by atoms with van der Waals surface area (Å²) in [7, 11) is 0. The minimum absolute atomic E-state index is 0.126. The van der Waals surface area contributed by atoms with E-state index in [1.165, 1.54) is 0 Å². The summed E-state index contributed by atoms with van der Waals surface area (Å²) < 4.78 is 0. The molecule has 0 aromatic heterocycles. The Labute approximate surface area is 124 Å². The van der Waals surface area contributed by atoms with Crippen molar-refractivity contribution in [2.24, 2.45) is 0 Å². The van der Waals surface area contributed by atoms with Crippen molar-refractivity contribution in [2.75, 3.05) is 0 Å². The molecule has 1 amide bonds. The Morgan fingerprint density at radius 3 is 2.55 bits per heavy atom. The number of carbonyl (C=O) groups excluding carboxylic acids is 1. The maximum Gasteiger partial charge on any atom is 0.230 e. The Bertz CT molecular complexity index is 505. The quantitative estimate of drug-likeness (QED) is 0.900. The van der Waals surface area contributed by atoms with Gasteiger partial charge in [-0.1, -0.05) is 23.7 Å². The highest BCUT2D eigenvalue weighted by molar-refractivity contribution is 6.30. The van der Waals surface area contributed by atoms with E-state index in [0.29, 0.717) is 5.02 Å². The van der Waals surface area contributed by atoms with Crippen molar-refractivity contribution in [3.8, 4) is 0 Å². The lowest BCUT2D eigenvalue weighted by molar-refractivity contribution is -0.124. The SMILES string of the molecule is O=C(NC1CCC(O)CC1)C1(c2cccc(Cl)c2)CC1. The molecule has 1 aromatic rings. The van der Waals surface area contributed by atoms with Crippen molar-refractivity contribution in [3.63, 3.8) is 0 Å². The second-order valence-electron chi connectivity index (χ2n) is 6.07. The van der Waals surface area contributed by atoms with Gasteiger partial charge in [0.15, 0.2) is 0 Å². The predicted molar refractivity (Wildman–Crippen MR) is 78.8 cm³/mol. The summed E-state index contributed by atoms with van der Waals surface area (Å²) in [6.07, 6.45) is 4.93. The van der Waals surface area contributed by atoms with E-state index in [1.807, 2.05) is 24.3 Å². The van der Waals surface area contributed by atoms with E-state index in [9.17, 15) is 9.90 Å². The molecule has 2 aliphatic rings. The second-order valence-corrected chi connectivity index (χ2v) is 6.51. The molecule has 0 atom stereocenters. The molecule has 2 N–H and O–H groups in total. The molecule has 1 aromatic carbocycles. The minimum Gasteiger partial charge on any atom is -0.393 e. The zero-order chi connectivity index (χ0) is 14.2. The number of aliphatic hydroxyl groups is 1. The molecule has 2 saturated carbocycles. The summed E-state index contributed by atoms with van der Waals surface area (Å²) in [6.45, 7) is 0. The second kappa shape index (κ2) is 5.38. The smallest absolute Gasteiger partial charge is 0.230 e. The largest absolute Gasteiger partial charge is 0.393 e. The van der Waals surface area contributed by atoms with E-state index in [0.717, 1.165) is 44.1 Å². The van der Waals surface area contributed by atoms with Crippen LogP contribution in [0, 0.1) is 0 Å². The van der Waals surface area contributed by atoms with Crippen LogP contribution in [0.3, 0.4) is 0 Å². The van der Waals surface area contributed by atoms with Crippen LogP contribution in [0.2, 0.25) is 5.02 Å². The van der Waals surface area contributed by atoms with Crippen molar-refractivity contribution in [2.45, 2.75) is 56.1 Å². The molecule has 0 radical (unpaired) electrons. The van der Waals surface area contributed by atoms with Gasteiger partial charge in [-0.3, -0.25) is 4.79 Å². The van der Waals surface area contributed by atoms with E-state index >= 15 is 0 Å². The number of carbonyl (C=O) groups is 1. The number of rotatable bonds is 3. The summed E-state index contributed by atoms with van der Waals surface area (Å²) in [5.41, 5.74) is 0.666. The fourth-order valence-corrected chi connectivity index (χ4v) is 3.29. The highest BCUT2D eigenvalue weighted by Crippen LogP contribution is 2.49. The third kappa shape index (κ3) is 2.70. The van der Waals surface area contributed by atoms with Crippen LogP contribution in [0.4, 0.5) is 0 Å². The molecule has 0 unspecified atom stereocenters. The maximum absolute atomic E-state index is 12.6. The topological polar surface area (TPSA) is 49.3 Å². The lowest BCUT2D eigenvalue weighted by Gasteiger charge is -2.28. The van der Waals surface area contributed by atoms with Crippen molar-refractivity contribution in [3.05, 3.63) is 34.9 Å².